The van der Waals surface area contributed by atoms with E-state index in [1.165, 1.54) is 0 Å². The first kappa shape index (κ1) is 19.2. The van der Waals surface area contributed by atoms with Gasteiger partial charge >= 0.3 is 6.03 Å². The average molecular weight is 391 g/mol. The molecule has 0 bridgehead atoms. The maximum absolute atomic E-state index is 12.7. The Morgan fingerprint density at radius 1 is 0.786 bits per heavy atom. The largest absolute Gasteiger partial charge is 0.342 e. The summed E-state index contributed by atoms with van der Waals surface area (Å²) in [5.41, 5.74) is -0.772. The lowest BCUT2D eigenvalue weighted by Crippen LogP contribution is -2.53. The molecule has 4 aliphatic rings. The Labute approximate surface area is 165 Å². The molecule has 3 saturated heterocycles. The number of carbonyl (C=O) groups is 4. The van der Waals surface area contributed by atoms with Gasteiger partial charge in [-0.1, -0.05) is 12.8 Å². The van der Waals surface area contributed by atoms with Gasteiger partial charge in [0.25, 0.3) is 5.91 Å². The Morgan fingerprint density at radius 2 is 1.36 bits per heavy atom. The van der Waals surface area contributed by atoms with E-state index in [1.807, 2.05) is 4.90 Å². The number of hydrogen-bond donors (Lipinski definition) is 1. The first-order valence-corrected chi connectivity index (χ1v) is 10.4. The Hall–Kier alpha value is -2.16. The third-order valence-corrected chi connectivity index (χ3v) is 6.54. The molecule has 1 N–H and O–H groups in total. The number of rotatable bonds is 4. The number of imide groups is 1. The molecule has 3 heterocycles. The second-order valence-electron chi connectivity index (χ2n) is 8.36. The molecular weight excluding hydrogens is 362 g/mol. The van der Waals surface area contributed by atoms with E-state index in [9.17, 15) is 19.2 Å². The van der Waals surface area contributed by atoms with E-state index in [1.54, 1.807) is 4.90 Å². The summed E-state index contributed by atoms with van der Waals surface area (Å²) >= 11 is 0. The molecule has 1 aliphatic carbocycles. The van der Waals surface area contributed by atoms with Gasteiger partial charge in [-0.05, 0) is 25.7 Å². The quantitative estimate of drug-likeness (QED) is 0.660. The van der Waals surface area contributed by atoms with Crippen molar-refractivity contribution in [2.75, 3.05) is 52.4 Å². The van der Waals surface area contributed by atoms with Crippen LogP contribution in [-0.4, -0.2) is 101 Å². The van der Waals surface area contributed by atoms with Crippen LogP contribution in [0.25, 0.3) is 0 Å². The second-order valence-corrected chi connectivity index (χ2v) is 8.36. The minimum atomic E-state index is -0.772. The molecule has 1 saturated carbocycles. The first-order valence-electron chi connectivity index (χ1n) is 10.4. The van der Waals surface area contributed by atoms with Gasteiger partial charge in [0.15, 0.2) is 0 Å². The number of hydrogen-bond acceptors (Lipinski definition) is 5. The lowest BCUT2D eigenvalue weighted by molar-refractivity contribution is -0.140. The van der Waals surface area contributed by atoms with Crippen LogP contribution in [0.3, 0.4) is 0 Å². The molecule has 0 radical (unpaired) electrons. The van der Waals surface area contributed by atoms with Crippen molar-refractivity contribution in [3.8, 4) is 0 Å². The van der Waals surface area contributed by atoms with Crippen LogP contribution in [0.1, 0.15) is 38.5 Å². The van der Waals surface area contributed by atoms with E-state index in [0.29, 0.717) is 45.6 Å². The maximum Gasteiger partial charge on any atom is 0.325 e. The molecule has 4 rings (SSSR count). The van der Waals surface area contributed by atoms with Gasteiger partial charge in [0, 0.05) is 39.3 Å². The SMILES string of the molecule is O=C(CN1CCN(C(=O)CN2C(=O)NC3(CCCC3)C2=O)CC1)N1CCCC1. The van der Waals surface area contributed by atoms with E-state index in [4.69, 9.17) is 0 Å². The highest BCUT2D eigenvalue weighted by atomic mass is 16.2. The molecule has 0 atom stereocenters. The van der Waals surface area contributed by atoms with Gasteiger partial charge in [-0.3, -0.25) is 24.2 Å². The summed E-state index contributed by atoms with van der Waals surface area (Å²) in [7, 11) is 0. The summed E-state index contributed by atoms with van der Waals surface area (Å²) in [4.78, 5) is 56.6. The summed E-state index contributed by atoms with van der Waals surface area (Å²) in [5, 5.41) is 2.81. The fourth-order valence-corrected chi connectivity index (χ4v) is 4.79. The predicted octanol–water partition coefficient (Wildman–Crippen LogP) is -0.382. The zero-order valence-corrected chi connectivity index (χ0v) is 16.3. The molecule has 0 aromatic rings. The molecule has 0 aromatic carbocycles. The van der Waals surface area contributed by atoms with E-state index >= 15 is 0 Å². The van der Waals surface area contributed by atoms with Crippen molar-refractivity contribution in [2.45, 2.75) is 44.1 Å². The van der Waals surface area contributed by atoms with Crippen LogP contribution < -0.4 is 5.32 Å². The van der Waals surface area contributed by atoms with E-state index < -0.39 is 11.6 Å². The van der Waals surface area contributed by atoms with Crippen LogP contribution in [0.5, 0.6) is 0 Å². The van der Waals surface area contributed by atoms with Crippen molar-refractivity contribution >= 4 is 23.8 Å². The number of amides is 5. The lowest BCUT2D eigenvalue weighted by atomic mass is 9.98. The Morgan fingerprint density at radius 3 is 2.00 bits per heavy atom. The molecule has 28 heavy (non-hydrogen) atoms. The fourth-order valence-electron chi connectivity index (χ4n) is 4.79. The molecule has 9 nitrogen and oxygen atoms in total. The zero-order valence-electron chi connectivity index (χ0n) is 16.3. The Bertz CT molecular complexity index is 661. The number of nitrogens with zero attached hydrogens (tertiary/aromatic N) is 4. The fraction of sp³-hybridized carbons (Fsp3) is 0.789. The first-order chi connectivity index (χ1) is 13.5. The number of carbonyl (C=O) groups excluding carboxylic acids is 4. The standard InChI is InChI=1S/C19H29N5O4/c25-15(22-7-3-4-8-22)13-21-9-11-23(12-10-21)16(26)14-24-17(27)19(20-18(24)28)5-1-2-6-19/h1-14H2,(H,20,28). The van der Waals surface area contributed by atoms with Gasteiger partial charge in [0.1, 0.15) is 12.1 Å². The topological polar surface area (TPSA) is 93.3 Å². The van der Waals surface area contributed by atoms with Gasteiger partial charge in [0.05, 0.1) is 6.54 Å². The summed E-state index contributed by atoms with van der Waals surface area (Å²) in [6, 6.07) is -0.449. The Kier molecular flexibility index (Phi) is 5.27. The smallest absolute Gasteiger partial charge is 0.325 e. The van der Waals surface area contributed by atoms with E-state index in [0.717, 1.165) is 43.7 Å². The second kappa shape index (κ2) is 7.69. The normalized spacial score (nSPS) is 25.1. The Balaban J connectivity index is 1.26. The molecule has 0 unspecified atom stereocenters. The van der Waals surface area contributed by atoms with Crippen molar-refractivity contribution in [1.82, 2.24) is 24.9 Å². The summed E-state index contributed by atoms with van der Waals surface area (Å²) in [5.74, 6) is -0.291. The van der Waals surface area contributed by atoms with Crippen molar-refractivity contribution in [3.05, 3.63) is 0 Å². The third kappa shape index (κ3) is 3.59. The van der Waals surface area contributed by atoms with Gasteiger partial charge in [-0.15, -0.1) is 0 Å². The minimum Gasteiger partial charge on any atom is -0.342 e. The molecule has 0 aromatic heterocycles. The minimum absolute atomic E-state index is 0.165. The van der Waals surface area contributed by atoms with Gasteiger partial charge in [-0.2, -0.15) is 0 Å². The van der Waals surface area contributed by atoms with Gasteiger partial charge < -0.3 is 15.1 Å². The van der Waals surface area contributed by atoms with E-state index in [-0.39, 0.29) is 24.3 Å². The van der Waals surface area contributed by atoms with Crippen molar-refractivity contribution in [2.24, 2.45) is 0 Å². The van der Waals surface area contributed by atoms with Crippen molar-refractivity contribution in [3.63, 3.8) is 0 Å². The third-order valence-electron chi connectivity index (χ3n) is 6.54. The number of nitrogens with one attached hydrogen (secondary N) is 1. The van der Waals surface area contributed by atoms with Crippen LogP contribution in [0.15, 0.2) is 0 Å². The molecule has 9 heteroatoms. The zero-order chi connectivity index (χ0) is 19.7. The van der Waals surface area contributed by atoms with Crippen molar-refractivity contribution < 1.29 is 19.2 Å². The highest BCUT2D eigenvalue weighted by molar-refractivity contribution is 6.09. The number of piperazine rings is 1. The summed E-state index contributed by atoms with van der Waals surface area (Å²) in [6.07, 6.45) is 5.33. The molecule has 5 amide bonds. The maximum atomic E-state index is 12.7. The van der Waals surface area contributed by atoms with Crippen LogP contribution in [0.4, 0.5) is 4.79 Å². The predicted molar refractivity (Wildman–Crippen MR) is 100 cm³/mol. The molecule has 3 aliphatic heterocycles. The molecule has 4 fully saturated rings. The molecule has 154 valence electrons. The molecular formula is C19H29N5O4. The number of likely N-dealkylation sites (tertiary alicyclic amines) is 1. The van der Waals surface area contributed by atoms with Crippen molar-refractivity contribution in [1.29, 1.82) is 0 Å². The lowest BCUT2D eigenvalue weighted by Gasteiger charge is -2.35. The summed E-state index contributed by atoms with van der Waals surface area (Å²) in [6.45, 7) is 4.21. The monoisotopic (exact) mass is 391 g/mol. The van der Waals surface area contributed by atoms with Crippen LogP contribution >= 0.6 is 0 Å². The average Bonchev–Trinajstić information content (AvgIpc) is 3.42. The van der Waals surface area contributed by atoms with Gasteiger partial charge in [-0.25, -0.2) is 4.79 Å². The van der Waals surface area contributed by atoms with Gasteiger partial charge in [0.2, 0.25) is 11.8 Å². The van der Waals surface area contributed by atoms with E-state index in [2.05, 4.69) is 10.2 Å². The molecule has 1 spiro atoms. The van der Waals surface area contributed by atoms with Crippen LogP contribution in [0.2, 0.25) is 0 Å². The van der Waals surface area contributed by atoms with Crippen LogP contribution in [-0.2, 0) is 14.4 Å². The number of urea groups is 1. The van der Waals surface area contributed by atoms with Crippen LogP contribution in [0, 0.1) is 0 Å². The highest BCUT2D eigenvalue weighted by Gasteiger charge is 2.52. The highest BCUT2D eigenvalue weighted by Crippen LogP contribution is 2.34. The summed E-state index contributed by atoms with van der Waals surface area (Å²) < 4.78 is 0.